The second-order valence-corrected chi connectivity index (χ2v) is 15.6. The number of carbonyl (C=O) groups excluding carboxylic acids is 3. The van der Waals surface area contributed by atoms with Crippen molar-refractivity contribution in [1.82, 2.24) is 9.38 Å². The lowest BCUT2D eigenvalue weighted by atomic mass is 9.78. The smallest absolute Gasteiger partial charge is 0.312 e. The molecule has 0 radical (unpaired) electrons. The van der Waals surface area contributed by atoms with Crippen LogP contribution in [0.25, 0.3) is 27.5 Å². The number of hydrogen-bond acceptors (Lipinski definition) is 12. The van der Waals surface area contributed by atoms with Gasteiger partial charge in [0.2, 0.25) is 0 Å². The van der Waals surface area contributed by atoms with Gasteiger partial charge < -0.3 is 44.7 Å². The average molecular weight is 786 g/mol. The number of imidazole rings is 1. The molecule has 2 aromatic carbocycles. The highest BCUT2D eigenvalue weighted by molar-refractivity contribution is 6.28. The maximum absolute atomic E-state index is 14.6. The van der Waals surface area contributed by atoms with E-state index in [1.165, 1.54) is 40.2 Å². The Bertz CT molecular complexity index is 2380. The van der Waals surface area contributed by atoms with Crippen LogP contribution in [0.1, 0.15) is 70.0 Å². The van der Waals surface area contributed by atoms with E-state index in [1.807, 2.05) is 19.1 Å². The normalized spacial score (nSPS) is 30.8. The van der Waals surface area contributed by atoms with Crippen LogP contribution >= 0.6 is 0 Å². The second kappa shape index (κ2) is 15.5. The third-order valence-corrected chi connectivity index (χ3v) is 11.5. The van der Waals surface area contributed by atoms with Gasteiger partial charge in [-0.15, -0.1) is 0 Å². The molecule has 0 unspecified atom stereocenters. The van der Waals surface area contributed by atoms with Crippen molar-refractivity contribution in [2.75, 3.05) is 12.4 Å². The molecule has 0 saturated heterocycles. The first-order valence-electron chi connectivity index (χ1n) is 19.0. The zero-order valence-corrected chi connectivity index (χ0v) is 33.8. The number of anilines is 1. The SMILES string of the molecule is CO[C@H]1/C=C/O[C@]2(C)Oc3c(C)c(O)c4c(O)c(c5c(nc6cc(C)ccn65)c4c3C2=O)NC(=O)/C(C)=C\C=C\[C@@H](C)[C@@H](O)[C@H](C)[C@H](O)[C@H](C)[C@@H](OC(C)=O)[C@H]1C. The molecule has 5 N–H and O–H groups in total. The summed E-state index contributed by atoms with van der Waals surface area (Å²) in [4.78, 5) is 45.6. The number of pyridine rings is 1. The van der Waals surface area contributed by atoms with Crippen molar-refractivity contribution >= 4 is 50.8 Å². The number of benzene rings is 2. The topological polar surface area (TPSA) is 198 Å². The summed E-state index contributed by atoms with van der Waals surface area (Å²) >= 11 is 0. The Kier molecular flexibility index (Phi) is 11.2. The fourth-order valence-electron chi connectivity index (χ4n) is 8.03. The number of fused-ring (bicyclic) bond motifs is 2. The van der Waals surface area contributed by atoms with E-state index in [2.05, 4.69) is 5.32 Å². The van der Waals surface area contributed by atoms with Gasteiger partial charge in [-0.2, -0.15) is 0 Å². The summed E-state index contributed by atoms with van der Waals surface area (Å²) in [7, 11) is 1.46. The van der Waals surface area contributed by atoms with Gasteiger partial charge in [-0.3, -0.25) is 18.8 Å². The molecule has 0 aliphatic carbocycles. The Morgan fingerprint density at radius 1 is 0.982 bits per heavy atom. The molecule has 2 aromatic heterocycles. The molecule has 4 bridgehead atoms. The number of aromatic hydroxyl groups is 2. The lowest BCUT2D eigenvalue weighted by molar-refractivity contribution is -0.160. The highest BCUT2D eigenvalue weighted by Gasteiger charge is 2.50. The highest BCUT2D eigenvalue weighted by atomic mass is 16.7. The summed E-state index contributed by atoms with van der Waals surface area (Å²) in [5, 5.41) is 49.4. The molecule has 14 nitrogen and oxygen atoms in total. The van der Waals surface area contributed by atoms with Gasteiger partial charge in [0.05, 0.1) is 35.5 Å². The number of phenolic OH excluding ortho intramolecular Hbond substituents is 2. The molecular formula is C43H51N3O11. The quantitative estimate of drug-likeness (QED) is 0.115. The number of aryl methyl sites for hydroxylation is 1. The van der Waals surface area contributed by atoms with Crippen LogP contribution in [0.5, 0.6) is 17.2 Å². The summed E-state index contributed by atoms with van der Waals surface area (Å²) in [5.41, 5.74) is 2.18. The lowest BCUT2D eigenvalue weighted by Gasteiger charge is -2.38. The number of aliphatic hydroxyl groups excluding tert-OH is 2. The van der Waals surface area contributed by atoms with Crippen LogP contribution in [0.2, 0.25) is 0 Å². The lowest BCUT2D eigenvalue weighted by Crippen LogP contribution is -2.46. The fourth-order valence-corrected chi connectivity index (χ4v) is 8.03. The summed E-state index contributed by atoms with van der Waals surface area (Å²) in [6.07, 6.45) is 5.62. The molecule has 0 spiro atoms. The van der Waals surface area contributed by atoms with Gasteiger partial charge in [0.1, 0.15) is 40.0 Å². The van der Waals surface area contributed by atoms with Crippen molar-refractivity contribution < 1.29 is 53.8 Å². The molecule has 2 aliphatic heterocycles. The number of ether oxygens (including phenoxy) is 4. The van der Waals surface area contributed by atoms with Crippen molar-refractivity contribution in [3.8, 4) is 17.2 Å². The summed E-state index contributed by atoms with van der Waals surface area (Å²) in [6.45, 7) is 14.7. The van der Waals surface area contributed by atoms with Crippen molar-refractivity contribution in [3.05, 3.63) is 71.2 Å². The number of rotatable bonds is 2. The maximum Gasteiger partial charge on any atom is 0.312 e. The van der Waals surface area contributed by atoms with Crippen molar-refractivity contribution in [2.45, 2.75) is 92.5 Å². The number of phenols is 2. The maximum atomic E-state index is 14.6. The number of ketones is 1. The average Bonchev–Trinajstić information content (AvgIpc) is 3.67. The molecule has 304 valence electrons. The minimum Gasteiger partial charge on any atom is -0.507 e. The number of methoxy groups -OCH3 is 1. The predicted molar refractivity (Wildman–Crippen MR) is 213 cm³/mol. The van der Waals surface area contributed by atoms with Gasteiger partial charge in [-0.1, -0.05) is 45.9 Å². The molecule has 14 heteroatoms. The molecule has 0 fully saturated rings. The molecule has 4 heterocycles. The summed E-state index contributed by atoms with van der Waals surface area (Å²) in [5.74, 6) is -6.96. The van der Waals surface area contributed by atoms with E-state index < -0.39 is 77.3 Å². The van der Waals surface area contributed by atoms with E-state index >= 15 is 0 Å². The second-order valence-electron chi connectivity index (χ2n) is 15.6. The number of amides is 1. The third kappa shape index (κ3) is 7.10. The number of nitrogens with zero attached hydrogens (tertiary/aromatic N) is 2. The van der Waals surface area contributed by atoms with Crippen LogP contribution in [-0.2, 0) is 23.8 Å². The minimum atomic E-state index is -1.96. The molecule has 1 amide bonds. The van der Waals surface area contributed by atoms with Crippen molar-refractivity contribution in [1.29, 1.82) is 0 Å². The zero-order valence-electron chi connectivity index (χ0n) is 33.8. The number of hydrogen-bond donors (Lipinski definition) is 5. The van der Waals surface area contributed by atoms with Crippen molar-refractivity contribution in [3.63, 3.8) is 0 Å². The van der Waals surface area contributed by atoms with E-state index in [-0.39, 0.29) is 55.7 Å². The first kappa shape index (κ1) is 41.2. The molecular weight excluding hydrogens is 734 g/mol. The van der Waals surface area contributed by atoms with Gasteiger partial charge >= 0.3 is 11.8 Å². The van der Waals surface area contributed by atoms with Gasteiger partial charge in [-0.25, -0.2) is 4.98 Å². The van der Waals surface area contributed by atoms with E-state index in [1.54, 1.807) is 63.4 Å². The Morgan fingerprint density at radius 2 is 1.68 bits per heavy atom. The first-order chi connectivity index (χ1) is 26.8. The van der Waals surface area contributed by atoms with Crippen LogP contribution < -0.4 is 10.1 Å². The minimum absolute atomic E-state index is 0.0185. The van der Waals surface area contributed by atoms with E-state index in [0.717, 1.165) is 5.56 Å². The number of Topliss-reactive ketones (excluding diaryl/α,β-unsaturated/α-hetero) is 1. The van der Waals surface area contributed by atoms with Gasteiger partial charge in [0.15, 0.2) is 5.75 Å². The standard InChI is InChI=1S/C43H51N3O11/c1-19-14-16-46-28(18-19)44-32-29-30-37(50)25(7)40-31(29)41(52)43(9,57-40)55-17-15-27(54-10)22(4)39(56-26(8)47)24(6)36(49)23(5)35(48)20(2)12-11-13-21(3)42(53)45-33(34(32)46)38(30)51/h11-18,20,22-24,27,35-36,39,48-51H,1-10H3,(H,45,53)/b12-11+,17-15+,21-13-/t20-,22+,23+,24+,27+,35-,36+,39+,43-/m1/s1. The van der Waals surface area contributed by atoms with Crippen LogP contribution in [0.4, 0.5) is 5.69 Å². The summed E-state index contributed by atoms with van der Waals surface area (Å²) in [6, 6.07) is 3.64. The number of nitrogens with one attached hydrogen (secondary N) is 1. The summed E-state index contributed by atoms with van der Waals surface area (Å²) < 4.78 is 25.5. The first-order valence-corrected chi connectivity index (χ1v) is 19.0. The Hall–Kier alpha value is -5.44. The van der Waals surface area contributed by atoms with Crippen LogP contribution in [-0.4, -0.2) is 84.8 Å². The van der Waals surface area contributed by atoms with Crippen molar-refractivity contribution in [2.24, 2.45) is 23.7 Å². The number of aromatic nitrogens is 2. The van der Waals surface area contributed by atoms with E-state index in [9.17, 15) is 34.8 Å². The number of allylic oxidation sites excluding steroid dienone is 2. The largest absolute Gasteiger partial charge is 0.507 e. The zero-order chi connectivity index (χ0) is 41.8. The number of aliphatic hydroxyl groups is 2. The van der Waals surface area contributed by atoms with Crippen LogP contribution in [0.15, 0.2) is 54.5 Å². The van der Waals surface area contributed by atoms with Crippen LogP contribution in [0.3, 0.4) is 0 Å². The molecule has 2 aliphatic rings. The number of carbonyl (C=O) groups is 3. The Balaban J connectivity index is 1.58. The Morgan fingerprint density at radius 3 is 2.35 bits per heavy atom. The molecule has 9 atom stereocenters. The Labute approximate surface area is 330 Å². The van der Waals surface area contributed by atoms with Crippen LogP contribution in [0, 0.1) is 37.5 Å². The predicted octanol–water partition coefficient (Wildman–Crippen LogP) is 6.16. The molecule has 57 heavy (non-hydrogen) atoms. The molecule has 0 saturated carbocycles. The molecule has 6 rings (SSSR count). The number of esters is 1. The van der Waals surface area contributed by atoms with Gasteiger partial charge in [0, 0.05) is 67.3 Å². The van der Waals surface area contributed by atoms with Gasteiger partial charge in [-0.05, 0) is 44.5 Å². The van der Waals surface area contributed by atoms with E-state index in [4.69, 9.17) is 23.9 Å². The van der Waals surface area contributed by atoms with Gasteiger partial charge in [0.25, 0.3) is 11.7 Å². The highest BCUT2D eigenvalue weighted by Crippen LogP contribution is 2.54. The third-order valence-electron chi connectivity index (χ3n) is 11.5. The van der Waals surface area contributed by atoms with E-state index in [0.29, 0.717) is 5.65 Å². The fraction of sp³-hybridized carbons (Fsp3) is 0.442. The monoisotopic (exact) mass is 785 g/mol. The molecule has 4 aromatic rings.